The van der Waals surface area contributed by atoms with Crippen molar-refractivity contribution in [3.05, 3.63) is 58.1 Å². The van der Waals surface area contributed by atoms with Crippen LogP contribution in [0.1, 0.15) is 38.3 Å². The molecular formula is C22H28BrNO3. The Labute approximate surface area is 170 Å². The molecule has 1 amide bonds. The van der Waals surface area contributed by atoms with E-state index in [-0.39, 0.29) is 17.9 Å². The number of nitrogens with one attached hydrogen (secondary N) is 1. The molecule has 0 saturated heterocycles. The molecule has 0 heterocycles. The quantitative estimate of drug-likeness (QED) is 0.603. The molecule has 5 heteroatoms. The van der Waals surface area contributed by atoms with E-state index in [1.165, 1.54) is 11.1 Å². The summed E-state index contributed by atoms with van der Waals surface area (Å²) in [4.78, 5) is 12.0. The maximum atomic E-state index is 12.0. The van der Waals surface area contributed by atoms with Crippen LogP contribution in [-0.4, -0.2) is 26.2 Å². The summed E-state index contributed by atoms with van der Waals surface area (Å²) in [5, 5.41) is 2.90. The molecule has 27 heavy (non-hydrogen) atoms. The number of carbonyl (C=O) groups excluding carboxylic acids is 1. The Morgan fingerprint density at radius 3 is 2.41 bits per heavy atom. The van der Waals surface area contributed by atoms with E-state index in [4.69, 9.17) is 9.47 Å². The normalized spacial score (nSPS) is 11.1. The van der Waals surface area contributed by atoms with Gasteiger partial charge in [-0.25, -0.2) is 0 Å². The van der Waals surface area contributed by atoms with Gasteiger partial charge in [0.25, 0.3) is 5.91 Å². The molecule has 4 nitrogen and oxygen atoms in total. The van der Waals surface area contributed by atoms with Gasteiger partial charge in [-0.1, -0.05) is 39.0 Å². The van der Waals surface area contributed by atoms with Crippen molar-refractivity contribution in [1.82, 2.24) is 5.32 Å². The van der Waals surface area contributed by atoms with Crippen molar-refractivity contribution >= 4 is 21.8 Å². The zero-order chi connectivity index (χ0) is 19.9. The highest BCUT2D eigenvalue weighted by Crippen LogP contribution is 2.31. The molecule has 0 aliphatic heterocycles. The molecule has 146 valence electrons. The first-order valence-electron chi connectivity index (χ1n) is 9.12. The highest BCUT2D eigenvalue weighted by molar-refractivity contribution is 9.10. The first kappa shape index (κ1) is 21.3. The number of halogens is 1. The molecular weight excluding hydrogens is 406 g/mol. The molecule has 0 bridgehead atoms. The molecule has 1 N–H and O–H groups in total. The van der Waals surface area contributed by atoms with Gasteiger partial charge in [0, 0.05) is 6.54 Å². The fraction of sp³-hybridized carbons (Fsp3) is 0.409. The van der Waals surface area contributed by atoms with Gasteiger partial charge in [0.1, 0.15) is 11.5 Å². The molecule has 0 aliphatic rings. The lowest BCUT2D eigenvalue weighted by molar-refractivity contribution is -0.123. The van der Waals surface area contributed by atoms with Crippen molar-refractivity contribution in [1.29, 1.82) is 0 Å². The zero-order valence-electron chi connectivity index (χ0n) is 16.5. The summed E-state index contributed by atoms with van der Waals surface area (Å²) >= 11 is 3.52. The van der Waals surface area contributed by atoms with Crippen molar-refractivity contribution in [2.24, 2.45) is 0 Å². The molecule has 0 spiro atoms. The Balaban J connectivity index is 1.71. The SMILES string of the molecule is COc1ccc(CCCNC(=O)COc2ccc(C(C)(C)C)cc2Br)cc1. The Morgan fingerprint density at radius 1 is 1.11 bits per heavy atom. The van der Waals surface area contributed by atoms with Crippen LogP contribution in [0.5, 0.6) is 11.5 Å². The largest absolute Gasteiger partial charge is 0.497 e. The van der Waals surface area contributed by atoms with Crippen LogP contribution in [0.25, 0.3) is 0 Å². The molecule has 2 aromatic rings. The van der Waals surface area contributed by atoms with Gasteiger partial charge in [0.05, 0.1) is 11.6 Å². The minimum Gasteiger partial charge on any atom is -0.497 e. The second-order valence-corrected chi connectivity index (χ2v) is 8.34. The zero-order valence-corrected chi connectivity index (χ0v) is 18.1. The minimum atomic E-state index is -0.114. The van der Waals surface area contributed by atoms with E-state index in [1.807, 2.05) is 42.5 Å². The van der Waals surface area contributed by atoms with E-state index >= 15 is 0 Å². The minimum absolute atomic E-state index is 0.00992. The van der Waals surface area contributed by atoms with E-state index in [2.05, 4.69) is 42.0 Å². The van der Waals surface area contributed by atoms with Crippen molar-refractivity contribution < 1.29 is 14.3 Å². The molecule has 2 rings (SSSR count). The number of aryl methyl sites for hydroxylation is 1. The van der Waals surface area contributed by atoms with Gasteiger partial charge in [-0.05, 0) is 69.6 Å². The summed E-state index contributed by atoms with van der Waals surface area (Å²) in [7, 11) is 1.66. The van der Waals surface area contributed by atoms with E-state index < -0.39 is 0 Å². The van der Waals surface area contributed by atoms with Crippen LogP contribution in [0.2, 0.25) is 0 Å². The first-order chi connectivity index (χ1) is 12.8. The molecule has 0 saturated carbocycles. The molecule has 0 atom stereocenters. The maximum Gasteiger partial charge on any atom is 0.257 e. The van der Waals surface area contributed by atoms with Gasteiger partial charge in [-0.2, -0.15) is 0 Å². The second-order valence-electron chi connectivity index (χ2n) is 7.49. The van der Waals surface area contributed by atoms with E-state index in [9.17, 15) is 4.79 Å². The predicted molar refractivity (Wildman–Crippen MR) is 113 cm³/mol. The number of carbonyl (C=O) groups is 1. The van der Waals surface area contributed by atoms with Gasteiger partial charge >= 0.3 is 0 Å². The third kappa shape index (κ3) is 6.90. The smallest absolute Gasteiger partial charge is 0.257 e. The van der Waals surface area contributed by atoms with Gasteiger partial charge in [-0.15, -0.1) is 0 Å². The number of rotatable bonds is 8. The third-order valence-corrected chi connectivity index (χ3v) is 4.90. The number of benzene rings is 2. The summed E-state index contributed by atoms with van der Waals surface area (Å²) in [6, 6.07) is 14.0. The highest BCUT2D eigenvalue weighted by atomic mass is 79.9. The lowest BCUT2D eigenvalue weighted by atomic mass is 9.87. The fourth-order valence-electron chi connectivity index (χ4n) is 2.59. The van der Waals surface area contributed by atoms with Crippen molar-refractivity contribution in [3.63, 3.8) is 0 Å². The van der Waals surface area contributed by atoms with Gasteiger partial charge in [-0.3, -0.25) is 4.79 Å². The van der Waals surface area contributed by atoms with Crippen LogP contribution < -0.4 is 14.8 Å². The topological polar surface area (TPSA) is 47.6 Å². The van der Waals surface area contributed by atoms with Gasteiger partial charge in [0.15, 0.2) is 6.61 Å². The average molecular weight is 434 g/mol. The van der Waals surface area contributed by atoms with Crippen molar-refractivity contribution in [2.45, 2.75) is 39.0 Å². The van der Waals surface area contributed by atoms with Gasteiger partial charge < -0.3 is 14.8 Å². The molecule has 0 fully saturated rings. The number of ether oxygens (including phenoxy) is 2. The van der Waals surface area contributed by atoms with Crippen LogP contribution in [0.3, 0.4) is 0 Å². The molecule has 2 aromatic carbocycles. The van der Waals surface area contributed by atoms with E-state index in [0.717, 1.165) is 23.1 Å². The predicted octanol–water partition coefficient (Wildman–Crippen LogP) is 4.88. The summed E-state index contributed by atoms with van der Waals surface area (Å²) in [6.07, 6.45) is 1.78. The number of amides is 1. The molecule has 0 aliphatic carbocycles. The van der Waals surface area contributed by atoms with Gasteiger partial charge in [0.2, 0.25) is 0 Å². The maximum absolute atomic E-state index is 12.0. The van der Waals surface area contributed by atoms with Crippen molar-refractivity contribution in [3.8, 4) is 11.5 Å². The summed E-state index contributed by atoms with van der Waals surface area (Å²) in [6.45, 7) is 7.12. The van der Waals surface area contributed by atoms with E-state index in [0.29, 0.717) is 12.3 Å². The number of hydrogen-bond acceptors (Lipinski definition) is 3. The molecule has 0 radical (unpaired) electrons. The lowest BCUT2D eigenvalue weighted by Gasteiger charge is -2.20. The number of methoxy groups -OCH3 is 1. The Kier molecular flexibility index (Phi) is 7.72. The van der Waals surface area contributed by atoms with Crippen LogP contribution in [0.4, 0.5) is 0 Å². The second kappa shape index (κ2) is 9.79. The lowest BCUT2D eigenvalue weighted by Crippen LogP contribution is -2.30. The van der Waals surface area contributed by atoms with Crippen LogP contribution >= 0.6 is 15.9 Å². The summed E-state index contributed by atoms with van der Waals surface area (Å²) in [5.41, 5.74) is 2.51. The highest BCUT2D eigenvalue weighted by Gasteiger charge is 2.15. The van der Waals surface area contributed by atoms with E-state index in [1.54, 1.807) is 7.11 Å². The average Bonchev–Trinajstić information content (AvgIpc) is 2.64. The summed E-state index contributed by atoms with van der Waals surface area (Å²) < 4.78 is 11.6. The standard InChI is InChI=1S/C22H28BrNO3/c1-22(2,3)17-9-12-20(19(23)14-17)27-15-21(25)24-13-5-6-16-7-10-18(26-4)11-8-16/h7-12,14H,5-6,13,15H2,1-4H3,(H,24,25). The molecule has 0 unspecified atom stereocenters. The van der Waals surface area contributed by atoms with Crippen LogP contribution in [0, 0.1) is 0 Å². The molecule has 0 aromatic heterocycles. The third-order valence-electron chi connectivity index (χ3n) is 4.28. The summed E-state index contributed by atoms with van der Waals surface area (Å²) in [5.74, 6) is 1.42. The fourth-order valence-corrected chi connectivity index (χ4v) is 3.08. The Morgan fingerprint density at radius 2 is 1.81 bits per heavy atom. The monoisotopic (exact) mass is 433 g/mol. The van der Waals surface area contributed by atoms with Crippen LogP contribution in [-0.2, 0) is 16.6 Å². The first-order valence-corrected chi connectivity index (χ1v) is 9.91. The Bertz CT molecular complexity index is 751. The number of hydrogen-bond donors (Lipinski definition) is 1. The van der Waals surface area contributed by atoms with Crippen LogP contribution in [0.15, 0.2) is 46.9 Å². The van der Waals surface area contributed by atoms with Crippen molar-refractivity contribution in [2.75, 3.05) is 20.3 Å². The Hall–Kier alpha value is -2.01.